The Kier molecular flexibility index (Phi) is 4.16. The summed E-state index contributed by atoms with van der Waals surface area (Å²) in [5.74, 6) is 0. The summed E-state index contributed by atoms with van der Waals surface area (Å²) in [6.45, 7) is 1.86. The van der Waals surface area contributed by atoms with Gasteiger partial charge in [-0.2, -0.15) is 13.2 Å². The van der Waals surface area contributed by atoms with Crippen LogP contribution in [0.5, 0.6) is 0 Å². The lowest BCUT2D eigenvalue weighted by Gasteiger charge is -2.08. The van der Waals surface area contributed by atoms with E-state index in [2.05, 4.69) is 15.6 Å². The molecule has 0 saturated heterocycles. The van der Waals surface area contributed by atoms with E-state index in [9.17, 15) is 13.2 Å². The molecule has 1 heterocycles. The number of hydrogen-bond acceptors (Lipinski definition) is 3. The summed E-state index contributed by atoms with van der Waals surface area (Å²) in [5.41, 5.74) is 0.186. The van der Waals surface area contributed by atoms with Crippen LogP contribution in [0.1, 0.15) is 11.1 Å². The van der Waals surface area contributed by atoms with Crippen molar-refractivity contribution in [2.45, 2.75) is 19.3 Å². The Balaban J connectivity index is 1.77. The number of rotatable bonds is 5. The molecule has 0 spiro atoms. The van der Waals surface area contributed by atoms with E-state index in [4.69, 9.17) is 0 Å². The van der Waals surface area contributed by atoms with Crippen LogP contribution in [0.15, 0.2) is 36.7 Å². The van der Waals surface area contributed by atoms with Gasteiger partial charge in [-0.3, -0.25) is 4.68 Å². The molecule has 0 amide bonds. The van der Waals surface area contributed by atoms with Crippen molar-refractivity contribution in [1.29, 1.82) is 0 Å². The molecular weight excluding hydrogens is 257 g/mol. The predicted molar refractivity (Wildman–Crippen MR) is 63.2 cm³/mol. The van der Waals surface area contributed by atoms with Crippen LogP contribution in [0.4, 0.5) is 13.2 Å². The molecule has 2 rings (SSSR count). The van der Waals surface area contributed by atoms with Crippen molar-refractivity contribution in [2.24, 2.45) is 0 Å². The van der Waals surface area contributed by atoms with Gasteiger partial charge in [0.2, 0.25) is 0 Å². The van der Waals surface area contributed by atoms with Gasteiger partial charge in [-0.1, -0.05) is 17.3 Å². The van der Waals surface area contributed by atoms with Crippen LogP contribution in [-0.2, 0) is 19.3 Å². The van der Waals surface area contributed by atoms with Crippen LogP contribution < -0.4 is 5.32 Å². The van der Waals surface area contributed by atoms with Crippen LogP contribution >= 0.6 is 0 Å². The maximum absolute atomic E-state index is 12.4. The van der Waals surface area contributed by atoms with E-state index >= 15 is 0 Å². The first-order valence-corrected chi connectivity index (χ1v) is 5.76. The smallest absolute Gasteiger partial charge is 0.311 e. The third-order valence-corrected chi connectivity index (χ3v) is 2.60. The van der Waals surface area contributed by atoms with E-state index < -0.39 is 11.7 Å². The zero-order chi connectivity index (χ0) is 13.7. The van der Waals surface area contributed by atoms with E-state index in [1.54, 1.807) is 17.1 Å². The van der Waals surface area contributed by atoms with Crippen molar-refractivity contribution in [1.82, 2.24) is 20.3 Å². The average Bonchev–Trinajstić information content (AvgIpc) is 2.87. The van der Waals surface area contributed by atoms with Gasteiger partial charge in [0.25, 0.3) is 0 Å². The summed E-state index contributed by atoms with van der Waals surface area (Å²) < 4.78 is 38.7. The van der Waals surface area contributed by atoms with Gasteiger partial charge in [0.05, 0.1) is 18.3 Å². The molecule has 0 aliphatic rings. The summed E-state index contributed by atoms with van der Waals surface area (Å²) in [4.78, 5) is 0. The predicted octanol–water partition coefficient (Wildman–Crippen LogP) is 2.09. The number of benzene rings is 1. The van der Waals surface area contributed by atoms with E-state index in [-0.39, 0.29) is 0 Å². The minimum absolute atomic E-state index is 0.521. The van der Waals surface area contributed by atoms with Crippen molar-refractivity contribution in [3.8, 4) is 0 Å². The van der Waals surface area contributed by atoms with Gasteiger partial charge in [0.15, 0.2) is 0 Å². The van der Waals surface area contributed by atoms with Gasteiger partial charge in [-0.05, 0) is 17.7 Å². The molecule has 19 heavy (non-hydrogen) atoms. The molecular formula is C12H13F3N4. The number of alkyl halides is 3. The van der Waals surface area contributed by atoms with Gasteiger partial charge < -0.3 is 5.32 Å². The number of halogens is 3. The Morgan fingerprint density at radius 3 is 2.47 bits per heavy atom. The Morgan fingerprint density at radius 1 is 1.16 bits per heavy atom. The molecule has 0 fully saturated rings. The first-order valence-electron chi connectivity index (χ1n) is 5.76. The molecule has 102 valence electrons. The molecule has 0 unspecified atom stereocenters. The normalized spacial score (nSPS) is 11.7. The second kappa shape index (κ2) is 5.83. The minimum atomic E-state index is -4.28. The van der Waals surface area contributed by atoms with Gasteiger partial charge in [0.1, 0.15) is 0 Å². The lowest BCUT2D eigenvalue weighted by atomic mass is 10.1. The monoisotopic (exact) mass is 270 g/mol. The largest absolute Gasteiger partial charge is 0.416 e. The molecule has 7 heteroatoms. The van der Waals surface area contributed by atoms with Crippen molar-refractivity contribution >= 4 is 0 Å². The third kappa shape index (κ3) is 4.06. The van der Waals surface area contributed by atoms with Gasteiger partial charge in [-0.25, -0.2) is 0 Å². The standard InChI is InChI=1S/C12H13F3N4/c13-12(14,15)11-3-1-10(2-4-11)9-16-5-7-19-8-6-17-18-19/h1-4,6,8,16H,5,7,9H2. The highest BCUT2D eigenvalue weighted by Crippen LogP contribution is 2.28. The van der Waals surface area contributed by atoms with Crippen molar-refractivity contribution in [2.75, 3.05) is 6.54 Å². The van der Waals surface area contributed by atoms with E-state index in [0.717, 1.165) is 17.7 Å². The second-order valence-electron chi connectivity index (χ2n) is 4.04. The summed E-state index contributed by atoms with van der Waals surface area (Å²) in [5, 5.41) is 10.6. The molecule has 1 N–H and O–H groups in total. The Hall–Kier alpha value is -1.89. The number of nitrogens with zero attached hydrogens (tertiary/aromatic N) is 3. The highest BCUT2D eigenvalue weighted by atomic mass is 19.4. The summed E-state index contributed by atoms with van der Waals surface area (Å²) >= 11 is 0. The van der Waals surface area contributed by atoms with Crippen LogP contribution in [0.25, 0.3) is 0 Å². The SMILES string of the molecule is FC(F)(F)c1ccc(CNCCn2ccnn2)cc1. The molecule has 0 bridgehead atoms. The fraction of sp³-hybridized carbons (Fsp3) is 0.333. The van der Waals surface area contributed by atoms with Gasteiger partial charge >= 0.3 is 6.18 Å². The highest BCUT2D eigenvalue weighted by molar-refractivity contribution is 5.24. The highest BCUT2D eigenvalue weighted by Gasteiger charge is 2.29. The fourth-order valence-electron chi connectivity index (χ4n) is 1.59. The van der Waals surface area contributed by atoms with Crippen LogP contribution in [-0.4, -0.2) is 21.5 Å². The molecule has 2 aromatic rings. The second-order valence-corrected chi connectivity index (χ2v) is 4.04. The summed E-state index contributed by atoms with van der Waals surface area (Å²) in [6.07, 6.45) is -0.936. The van der Waals surface area contributed by atoms with Crippen LogP contribution in [0, 0.1) is 0 Å². The zero-order valence-electron chi connectivity index (χ0n) is 10.1. The third-order valence-electron chi connectivity index (χ3n) is 2.60. The average molecular weight is 270 g/mol. The summed E-state index contributed by atoms with van der Waals surface area (Å²) in [7, 11) is 0. The zero-order valence-corrected chi connectivity index (χ0v) is 10.1. The minimum Gasteiger partial charge on any atom is -0.311 e. The molecule has 0 atom stereocenters. The fourth-order valence-corrected chi connectivity index (χ4v) is 1.59. The lowest BCUT2D eigenvalue weighted by molar-refractivity contribution is -0.137. The first-order chi connectivity index (χ1) is 9.05. The van der Waals surface area contributed by atoms with E-state index in [1.165, 1.54) is 12.1 Å². The van der Waals surface area contributed by atoms with E-state index in [0.29, 0.717) is 19.6 Å². The van der Waals surface area contributed by atoms with Gasteiger partial charge in [0, 0.05) is 19.3 Å². The molecule has 1 aromatic carbocycles. The number of aromatic nitrogens is 3. The van der Waals surface area contributed by atoms with Crippen LogP contribution in [0.3, 0.4) is 0 Å². The molecule has 4 nitrogen and oxygen atoms in total. The molecule has 0 radical (unpaired) electrons. The number of hydrogen-bond donors (Lipinski definition) is 1. The molecule has 0 saturated carbocycles. The lowest BCUT2D eigenvalue weighted by Crippen LogP contribution is -2.19. The Morgan fingerprint density at radius 2 is 1.89 bits per heavy atom. The molecule has 1 aromatic heterocycles. The van der Waals surface area contributed by atoms with Crippen molar-refractivity contribution in [3.05, 3.63) is 47.8 Å². The number of nitrogens with one attached hydrogen (secondary N) is 1. The maximum atomic E-state index is 12.4. The quantitative estimate of drug-likeness (QED) is 0.846. The first kappa shape index (κ1) is 13.5. The van der Waals surface area contributed by atoms with Crippen molar-refractivity contribution < 1.29 is 13.2 Å². The van der Waals surface area contributed by atoms with Crippen LogP contribution in [0.2, 0.25) is 0 Å². The molecule has 0 aliphatic heterocycles. The topological polar surface area (TPSA) is 42.7 Å². The molecule has 0 aliphatic carbocycles. The Bertz CT molecular complexity index is 491. The summed E-state index contributed by atoms with van der Waals surface area (Å²) in [6, 6.07) is 5.14. The Labute approximate surface area is 108 Å². The van der Waals surface area contributed by atoms with Gasteiger partial charge in [-0.15, -0.1) is 5.10 Å². The van der Waals surface area contributed by atoms with E-state index in [1.807, 2.05) is 0 Å². The maximum Gasteiger partial charge on any atom is 0.416 e. The van der Waals surface area contributed by atoms with Crippen molar-refractivity contribution in [3.63, 3.8) is 0 Å².